The average molecular weight is 317 g/mol. The van der Waals surface area contributed by atoms with E-state index >= 15 is 0 Å². The molecule has 1 amide bonds. The molecule has 1 fully saturated rings. The van der Waals surface area contributed by atoms with Crippen LogP contribution in [-0.2, 0) is 19.5 Å². The molecule has 0 aromatic carbocycles. The molecule has 0 atom stereocenters. The van der Waals surface area contributed by atoms with Gasteiger partial charge >= 0.3 is 0 Å². The molecular weight excluding hydrogens is 294 g/mol. The predicted molar refractivity (Wildman–Crippen MR) is 85.0 cm³/mol. The maximum atomic E-state index is 12.1. The van der Waals surface area contributed by atoms with E-state index in [-0.39, 0.29) is 5.91 Å². The summed E-state index contributed by atoms with van der Waals surface area (Å²) in [6, 6.07) is 3.64. The number of aryl methyl sites for hydroxylation is 1. The largest absolute Gasteiger partial charge is 0.455 e. The van der Waals surface area contributed by atoms with E-state index in [1.165, 1.54) is 12.8 Å². The predicted octanol–water partition coefficient (Wildman–Crippen LogP) is 1.46. The van der Waals surface area contributed by atoms with Crippen LogP contribution in [0.25, 0.3) is 0 Å². The van der Waals surface area contributed by atoms with Crippen molar-refractivity contribution in [2.24, 2.45) is 0 Å². The molecule has 3 heterocycles. The first kappa shape index (κ1) is 15.7. The number of carbonyl (C=O) groups excluding carboxylic acids is 1. The van der Waals surface area contributed by atoms with E-state index < -0.39 is 0 Å². The zero-order valence-corrected chi connectivity index (χ0v) is 13.5. The van der Waals surface area contributed by atoms with Crippen LogP contribution in [0.15, 0.2) is 22.9 Å². The maximum Gasteiger partial charge on any atom is 0.287 e. The summed E-state index contributed by atoms with van der Waals surface area (Å²) < 4.78 is 7.62. The van der Waals surface area contributed by atoms with Crippen LogP contribution in [0.4, 0.5) is 0 Å². The molecule has 7 nitrogen and oxygen atoms in total. The van der Waals surface area contributed by atoms with E-state index in [4.69, 9.17) is 4.42 Å². The number of likely N-dealkylation sites (tertiary alicyclic amines) is 1. The Balaban J connectivity index is 1.47. The Morgan fingerprint density at radius 3 is 2.96 bits per heavy atom. The Kier molecular flexibility index (Phi) is 5.07. The van der Waals surface area contributed by atoms with Crippen LogP contribution in [0.3, 0.4) is 0 Å². The normalized spacial score (nSPS) is 15.2. The lowest BCUT2D eigenvalue weighted by atomic mass is 10.3. The minimum atomic E-state index is -0.180. The van der Waals surface area contributed by atoms with Crippen molar-refractivity contribution in [3.8, 4) is 0 Å². The molecule has 23 heavy (non-hydrogen) atoms. The van der Waals surface area contributed by atoms with E-state index in [9.17, 15) is 4.79 Å². The first-order valence-electron chi connectivity index (χ1n) is 8.22. The van der Waals surface area contributed by atoms with Crippen LogP contribution in [-0.4, -0.2) is 45.2 Å². The van der Waals surface area contributed by atoms with Crippen molar-refractivity contribution >= 4 is 5.91 Å². The second-order valence-electron chi connectivity index (χ2n) is 5.79. The van der Waals surface area contributed by atoms with E-state index in [0.29, 0.717) is 18.7 Å². The molecular formula is C16H23N5O2. The third-order valence-corrected chi connectivity index (χ3v) is 4.13. The van der Waals surface area contributed by atoms with Crippen LogP contribution in [0.1, 0.15) is 41.9 Å². The number of amides is 1. The van der Waals surface area contributed by atoms with Crippen molar-refractivity contribution in [2.75, 3.05) is 19.6 Å². The van der Waals surface area contributed by atoms with Gasteiger partial charge in [0, 0.05) is 19.5 Å². The van der Waals surface area contributed by atoms with Gasteiger partial charge in [0.1, 0.15) is 17.9 Å². The Hall–Kier alpha value is -2.15. The van der Waals surface area contributed by atoms with E-state index in [0.717, 1.165) is 37.8 Å². The molecule has 0 bridgehead atoms. The van der Waals surface area contributed by atoms with Gasteiger partial charge in [-0.2, -0.15) is 0 Å². The topological polar surface area (TPSA) is 76.2 Å². The maximum absolute atomic E-state index is 12.1. The fraction of sp³-hybridized carbons (Fsp3) is 0.562. The number of carbonyl (C=O) groups is 1. The fourth-order valence-corrected chi connectivity index (χ4v) is 2.86. The first-order valence-corrected chi connectivity index (χ1v) is 8.22. The molecule has 2 aromatic heterocycles. The van der Waals surface area contributed by atoms with Gasteiger partial charge in [0.2, 0.25) is 0 Å². The lowest BCUT2D eigenvalue weighted by Gasteiger charge is -2.11. The second-order valence-corrected chi connectivity index (χ2v) is 5.79. The number of aromatic nitrogens is 3. The first-order chi connectivity index (χ1) is 11.3. The van der Waals surface area contributed by atoms with E-state index in [2.05, 4.69) is 20.4 Å². The molecule has 1 saturated heterocycles. The third kappa shape index (κ3) is 3.98. The molecule has 124 valence electrons. The summed E-state index contributed by atoms with van der Waals surface area (Å²) in [5.74, 6) is 1.92. The highest BCUT2D eigenvalue weighted by Gasteiger charge is 2.16. The summed E-state index contributed by atoms with van der Waals surface area (Å²) in [6.45, 7) is 6.39. The Labute approximate surface area is 135 Å². The van der Waals surface area contributed by atoms with Crippen LogP contribution >= 0.6 is 0 Å². The lowest BCUT2D eigenvalue weighted by molar-refractivity contribution is 0.0922. The zero-order chi connectivity index (χ0) is 16.1. The summed E-state index contributed by atoms with van der Waals surface area (Å²) in [5.41, 5.74) is 0. The number of furan rings is 1. The molecule has 0 aliphatic carbocycles. The summed E-state index contributed by atoms with van der Waals surface area (Å²) in [4.78, 5) is 14.5. The molecule has 0 radical (unpaired) electrons. The van der Waals surface area contributed by atoms with Gasteiger partial charge in [-0.05, 0) is 45.0 Å². The number of hydrogen-bond donors (Lipinski definition) is 1. The molecule has 0 saturated carbocycles. The van der Waals surface area contributed by atoms with Gasteiger partial charge in [0.15, 0.2) is 5.76 Å². The Morgan fingerprint density at radius 1 is 1.35 bits per heavy atom. The van der Waals surface area contributed by atoms with Gasteiger partial charge in [-0.1, -0.05) is 0 Å². The molecule has 0 unspecified atom stereocenters. The van der Waals surface area contributed by atoms with Gasteiger partial charge in [-0.15, -0.1) is 10.2 Å². The zero-order valence-electron chi connectivity index (χ0n) is 13.5. The number of nitrogens with zero attached hydrogens (tertiary/aromatic N) is 4. The summed E-state index contributed by atoms with van der Waals surface area (Å²) in [5, 5.41) is 10.8. The lowest BCUT2D eigenvalue weighted by Crippen LogP contribution is -2.26. The Morgan fingerprint density at radius 2 is 2.17 bits per heavy atom. The number of rotatable bonds is 7. The Bertz CT molecular complexity index is 642. The molecule has 1 aliphatic heterocycles. The monoisotopic (exact) mass is 317 g/mol. The number of hydrogen-bond acceptors (Lipinski definition) is 5. The molecule has 3 rings (SSSR count). The van der Waals surface area contributed by atoms with Crippen LogP contribution in [0.5, 0.6) is 0 Å². The van der Waals surface area contributed by atoms with Gasteiger partial charge in [0.25, 0.3) is 5.91 Å². The fourth-order valence-electron chi connectivity index (χ4n) is 2.86. The molecule has 1 aliphatic rings. The molecule has 7 heteroatoms. The highest BCUT2D eigenvalue weighted by Crippen LogP contribution is 2.15. The highest BCUT2D eigenvalue weighted by molar-refractivity contribution is 5.91. The molecule has 1 N–H and O–H groups in total. The van der Waals surface area contributed by atoms with Gasteiger partial charge in [0.05, 0.1) is 6.54 Å². The standard InChI is InChI=1S/C16H23N5O2/c1-2-21-12-18-19-15(21)7-8-17-16(22)14-6-5-13(23-14)11-20-9-3-4-10-20/h5-6,12H,2-4,7-11H2,1H3,(H,17,22). The van der Waals surface area contributed by atoms with Crippen molar-refractivity contribution in [3.63, 3.8) is 0 Å². The van der Waals surface area contributed by atoms with Gasteiger partial charge in [-0.25, -0.2) is 0 Å². The summed E-state index contributed by atoms with van der Waals surface area (Å²) in [7, 11) is 0. The van der Waals surface area contributed by atoms with Crippen molar-refractivity contribution < 1.29 is 9.21 Å². The quantitative estimate of drug-likeness (QED) is 0.836. The van der Waals surface area contributed by atoms with Crippen LogP contribution < -0.4 is 5.32 Å². The van der Waals surface area contributed by atoms with Crippen LogP contribution in [0, 0.1) is 0 Å². The SMILES string of the molecule is CCn1cnnc1CCNC(=O)c1ccc(CN2CCCC2)o1. The summed E-state index contributed by atoms with van der Waals surface area (Å²) in [6.07, 6.45) is 4.85. The average Bonchev–Trinajstić information content (AvgIpc) is 3.28. The van der Waals surface area contributed by atoms with Crippen molar-refractivity contribution in [1.82, 2.24) is 25.0 Å². The van der Waals surface area contributed by atoms with Crippen LogP contribution in [0.2, 0.25) is 0 Å². The highest BCUT2D eigenvalue weighted by atomic mass is 16.4. The third-order valence-electron chi connectivity index (χ3n) is 4.13. The second kappa shape index (κ2) is 7.41. The summed E-state index contributed by atoms with van der Waals surface area (Å²) >= 11 is 0. The minimum Gasteiger partial charge on any atom is -0.455 e. The minimum absolute atomic E-state index is 0.180. The molecule has 2 aromatic rings. The van der Waals surface area contributed by atoms with E-state index in [1.54, 1.807) is 12.4 Å². The van der Waals surface area contributed by atoms with Crippen molar-refractivity contribution in [1.29, 1.82) is 0 Å². The van der Waals surface area contributed by atoms with Crippen molar-refractivity contribution in [2.45, 2.75) is 39.3 Å². The molecule has 0 spiro atoms. The van der Waals surface area contributed by atoms with Crippen molar-refractivity contribution in [3.05, 3.63) is 35.8 Å². The van der Waals surface area contributed by atoms with E-state index in [1.807, 2.05) is 17.6 Å². The van der Waals surface area contributed by atoms with Gasteiger partial charge in [-0.3, -0.25) is 9.69 Å². The van der Waals surface area contributed by atoms with Gasteiger partial charge < -0.3 is 14.3 Å². The number of nitrogens with one attached hydrogen (secondary N) is 1. The smallest absolute Gasteiger partial charge is 0.287 e.